The lowest BCUT2D eigenvalue weighted by molar-refractivity contribution is 0.192. The van der Waals surface area contributed by atoms with Crippen LogP contribution in [0.4, 0.5) is 4.79 Å². The molecule has 0 radical (unpaired) electrons. The quantitative estimate of drug-likeness (QED) is 0.812. The third kappa shape index (κ3) is 4.93. The average molecular weight is 312 g/mol. The van der Waals surface area contributed by atoms with Crippen LogP contribution in [0.5, 0.6) is 5.75 Å². The van der Waals surface area contributed by atoms with Crippen molar-refractivity contribution in [3.63, 3.8) is 0 Å². The van der Waals surface area contributed by atoms with E-state index in [1.54, 1.807) is 23.1 Å². The Morgan fingerprint density at radius 3 is 2.71 bits per heavy atom. The Kier molecular flexibility index (Phi) is 4.72. The fourth-order valence-corrected chi connectivity index (χ4v) is 2.53. The van der Waals surface area contributed by atoms with Crippen LogP contribution < -0.4 is 9.50 Å². The van der Waals surface area contributed by atoms with Gasteiger partial charge >= 0.3 is 16.1 Å². The van der Waals surface area contributed by atoms with Crippen LogP contribution in [-0.4, -0.2) is 38.2 Å². The Hall–Kier alpha value is -1.76. The lowest BCUT2D eigenvalue weighted by Crippen LogP contribution is -2.40. The molecule has 0 heterocycles. The van der Waals surface area contributed by atoms with Crippen molar-refractivity contribution in [2.45, 2.75) is 32.4 Å². The molecule has 0 aliphatic heterocycles. The first-order chi connectivity index (χ1) is 9.89. The molecule has 1 saturated carbocycles. The lowest BCUT2D eigenvalue weighted by Gasteiger charge is -2.22. The number of urea groups is 1. The zero-order valence-corrected chi connectivity index (χ0v) is 13.0. The number of amides is 2. The molecule has 116 valence electrons. The number of nitrogens with zero attached hydrogens (tertiary/aromatic N) is 1. The second-order valence-electron chi connectivity index (χ2n) is 5.13. The maximum Gasteiger partial charge on any atom is 0.317 e. The van der Waals surface area contributed by atoms with E-state index in [9.17, 15) is 13.2 Å². The smallest absolute Gasteiger partial charge is 0.317 e. The van der Waals surface area contributed by atoms with Crippen LogP contribution in [0, 0.1) is 0 Å². The highest BCUT2D eigenvalue weighted by molar-refractivity contribution is 7.86. The first kappa shape index (κ1) is 15.6. The summed E-state index contributed by atoms with van der Waals surface area (Å²) in [6, 6.07) is 6.99. The summed E-state index contributed by atoms with van der Waals surface area (Å²) in [4.78, 5) is 13.8. The average Bonchev–Trinajstić information content (AvgIpc) is 3.18. The van der Waals surface area contributed by atoms with E-state index in [2.05, 4.69) is 5.32 Å². The maximum atomic E-state index is 12.0. The maximum absolute atomic E-state index is 12.0. The van der Waals surface area contributed by atoms with Gasteiger partial charge in [0.1, 0.15) is 5.75 Å². The number of hydrogen-bond acceptors (Lipinski definition) is 4. The highest BCUT2D eigenvalue weighted by atomic mass is 32.2. The summed E-state index contributed by atoms with van der Waals surface area (Å²) >= 11 is 0. The Labute approximate surface area is 125 Å². The fraction of sp³-hybridized carbons (Fsp3) is 0.500. The molecule has 1 aromatic carbocycles. The first-order valence-electron chi connectivity index (χ1n) is 6.92. The monoisotopic (exact) mass is 312 g/mol. The van der Waals surface area contributed by atoms with Crippen LogP contribution in [0.1, 0.15) is 25.3 Å². The van der Waals surface area contributed by atoms with E-state index in [-0.39, 0.29) is 17.8 Å². The normalized spacial score (nSPS) is 14.6. The SMILES string of the molecule is CCNC(=O)N(Cc1cccc(OS(C)(=O)=O)c1)C1CC1. The molecule has 0 aromatic heterocycles. The Morgan fingerprint density at radius 1 is 1.43 bits per heavy atom. The summed E-state index contributed by atoms with van der Waals surface area (Å²) < 4.78 is 27.2. The minimum Gasteiger partial charge on any atom is -0.383 e. The van der Waals surface area contributed by atoms with Crippen LogP contribution in [0.3, 0.4) is 0 Å². The zero-order chi connectivity index (χ0) is 15.5. The van der Waals surface area contributed by atoms with Crippen molar-refractivity contribution in [2.75, 3.05) is 12.8 Å². The van der Waals surface area contributed by atoms with Gasteiger partial charge in [-0.25, -0.2) is 4.79 Å². The van der Waals surface area contributed by atoms with E-state index >= 15 is 0 Å². The molecule has 0 saturated heterocycles. The van der Waals surface area contributed by atoms with Gasteiger partial charge in [-0.2, -0.15) is 8.42 Å². The van der Waals surface area contributed by atoms with Crippen LogP contribution in [0.2, 0.25) is 0 Å². The minimum absolute atomic E-state index is 0.0885. The summed E-state index contributed by atoms with van der Waals surface area (Å²) in [6.07, 6.45) is 3.03. The summed E-state index contributed by atoms with van der Waals surface area (Å²) in [5.74, 6) is 0.265. The molecule has 2 amide bonds. The van der Waals surface area contributed by atoms with Gasteiger partial charge in [-0.15, -0.1) is 0 Å². The summed E-state index contributed by atoms with van der Waals surface area (Å²) in [6.45, 7) is 2.90. The molecule has 0 spiro atoms. The van der Waals surface area contributed by atoms with Crippen molar-refractivity contribution in [1.82, 2.24) is 10.2 Å². The van der Waals surface area contributed by atoms with Gasteiger partial charge in [-0.1, -0.05) is 12.1 Å². The zero-order valence-electron chi connectivity index (χ0n) is 12.2. The second kappa shape index (κ2) is 6.34. The Balaban J connectivity index is 2.10. The first-order valence-corrected chi connectivity index (χ1v) is 8.73. The molecule has 21 heavy (non-hydrogen) atoms. The predicted molar refractivity (Wildman–Crippen MR) is 79.6 cm³/mol. The van der Waals surface area contributed by atoms with Gasteiger partial charge < -0.3 is 14.4 Å². The van der Waals surface area contributed by atoms with Gasteiger partial charge in [0.25, 0.3) is 0 Å². The van der Waals surface area contributed by atoms with Gasteiger partial charge in [0.2, 0.25) is 0 Å². The molecular weight excluding hydrogens is 292 g/mol. The molecule has 1 aliphatic carbocycles. The summed E-state index contributed by atoms with van der Waals surface area (Å²) in [5.41, 5.74) is 0.842. The van der Waals surface area contributed by atoms with E-state index in [1.165, 1.54) is 0 Å². The minimum atomic E-state index is -3.54. The molecule has 1 aromatic rings. The number of nitrogens with one attached hydrogen (secondary N) is 1. The Morgan fingerprint density at radius 2 is 2.14 bits per heavy atom. The van der Waals surface area contributed by atoms with Crippen molar-refractivity contribution in [3.8, 4) is 5.75 Å². The molecule has 0 bridgehead atoms. The lowest BCUT2D eigenvalue weighted by atomic mass is 10.2. The van der Waals surface area contributed by atoms with E-state index in [0.717, 1.165) is 24.7 Å². The second-order valence-corrected chi connectivity index (χ2v) is 6.70. The number of rotatable bonds is 6. The van der Waals surface area contributed by atoms with Crippen LogP contribution >= 0.6 is 0 Å². The molecule has 2 rings (SSSR count). The van der Waals surface area contributed by atoms with Gasteiger partial charge in [0.15, 0.2) is 0 Å². The van der Waals surface area contributed by atoms with E-state index in [1.807, 2.05) is 13.0 Å². The topological polar surface area (TPSA) is 75.7 Å². The molecule has 1 aliphatic rings. The fourth-order valence-electron chi connectivity index (χ4n) is 2.07. The number of hydrogen-bond donors (Lipinski definition) is 1. The third-order valence-corrected chi connectivity index (χ3v) is 3.57. The highest BCUT2D eigenvalue weighted by Crippen LogP contribution is 2.29. The molecule has 0 unspecified atom stereocenters. The third-order valence-electron chi connectivity index (χ3n) is 3.08. The van der Waals surface area contributed by atoms with E-state index in [0.29, 0.717) is 13.1 Å². The number of carbonyl (C=O) groups is 1. The van der Waals surface area contributed by atoms with Gasteiger partial charge in [-0.05, 0) is 37.5 Å². The molecular formula is C14H20N2O4S. The van der Waals surface area contributed by atoms with Crippen molar-refractivity contribution in [2.24, 2.45) is 0 Å². The standard InChI is InChI=1S/C14H20N2O4S/c1-3-15-14(17)16(12-7-8-12)10-11-5-4-6-13(9-11)20-21(2,18)19/h4-6,9,12H,3,7-8,10H2,1-2H3,(H,15,17). The van der Waals surface area contributed by atoms with Crippen molar-refractivity contribution >= 4 is 16.1 Å². The summed E-state index contributed by atoms with van der Waals surface area (Å²) in [5, 5.41) is 2.80. The van der Waals surface area contributed by atoms with Crippen LogP contribution in [-0.2, 0) is 16.7 Å². The largest absolute Gasteiger partial charge is 0.383 e. The molecule has 1 N–H and O–H groups in total. The van der Waals surface area contributed by atoms with Crippen LogP contribution in [0.25, 0.3) is 0 Å². The molecule has 1 fully saturated rings. The van der Waals surface area contributed by atoms with Crippen molar-refractivity contribution < 1.29 is 17.4 Å². The number of carbonyl (C=O) groups excluding carboxylic acids is 1. The molecule has 0 atom stereocenters. The van der Waals surface area contributed by atoms with Gasteiger partial charge in [-0.3, -0.25) is 0 Å². The van der Waals surface area contributed by atoms with Gasteiger partial charge in [0.05, 0.1) is 6.26 Å². The molecule has 7 heteroatoms. The van der Waals surface area contributed by atoms with Crippen molar-refractivity contribution in [1.29, 1.82) is 0 Å². The predicted octanol–water partition coefficient (Wildman–Crippen LogP) is 1.72. The molecule has 6 nitrogen and oxygen atoms in total. The summed E-state index contributed by atoms with van der Waals surface area (Å²) in [7, 11) is -3.54. The van der Waals surface area contributed by atoms with Crippen LogP contribution in [0.15, 0.2) is 24.3 Å². The highest BCUT2D eigenvalue weighted by Gasteiger charge is 2.32. The van der Waals surface area contributed by atoms with Gasteiger partial charge in [0, 0.05) is 19.1 Å². The van der Waals surface area contributed by atoms with Crippen molar-refractivity contribution in [3.05, 3.63) is 29.8 Å². The number of benzene rings is 1. The van der Waals surface area contributed by atoms with E-state index in [4.69, 9.17) is 4.18 Å². The van der Waals surface area contributed by atoms with E-state index < -0.39 is 10.1 Å². The Bertz CT molecular complexity index is 611.